The van der Waals surface area contributed by atoms with Crippen molar-refractivity contribution in [3.63, 3.8) is 0 Å². The van der Waals surface area contributed by atoms with E-state index in [1.54, 1.807) is 0 Å². The Morgan fingerprint density at radius 2 is 0.904 bits per heavy atom. The van der Waals surface area contributed by atoms with Gasteiger partial charge in [-0.05, 0) is 110 Å². The van der Waals surface area contributed by atoms with E-state index in [4.69, 9.17) is 4.98 Å². The maximum absolute atomic E-state index is 4.77. The van der Waals surface area contributed by atoms with Gasteiger partial charge >= 0.3 is 0 Å². The summed E-state index contributed by atoms with van der Waals surface area (Å²) in [6.07, 6.45) is 22.6. The molecule has 2 aliphatic carbocycles. The molecule has 8 nitrogen and oxygen atoms in total. The van der Waals surface area contributed by atoms with Crippen LogP contribution in [0.3, 0.4) is 0 Å². The molecule has 0 aliphatic heterocycles. The first-order valence-electron chi connectivity index (χ1n) is 31.3. The monoisotopic (exact) mass is 1130 g/mol. The lowest BCUT2D eigenvalue weighted by atomic mass is 9.64. The van der Waals surface area contributed by atoms with Crippen molar-refractivity contribution in [2.75, 3.05) is 0 Å². The minimum absolute atomic E-state index is 0.0232. The second-order valence-electron chi connectivity index (χ2n) is 34.7. The molecule has 1 fully saturated rings. The van der Waals surface area contributed by atoms with Crippen LogP contribution in [0.5, 0.6) is 0 Å². The number of allylic oxidation sites excluding steroid dienone is 2. The van der Waals surface area contributed by atoms with Gasteiger partial charge in [0.15, 0.2) is 0 Å². The maximum Gasteiger partial charge on any atom is 0.119 e. The van der Waals surface area contributed by atoms with Gasteiger partial charge in [-0.3, -0.25) is 19.4 Å². The van der Waals surface area contributed by atoms with Crippen LogP contribution >= 0.6 is 0 Å². The van der Waals surface area contributed by atoms with Crippen LogP contribution in [0.1, 0.15) is 284 Å². The molecular formula is C75H116N8. The van der Waals surface area contributed by atoms with Gasteiger partial charge in [0.2, 0.25) is 0 Å². The Morgan fingerprint density at radius 1 is 0.398 bits per heavy atom. The van der Waals surface area contributed by atoms with Crippen LogP contribution in [0.2, 0.25) is 0 Å². The highest BCUT2D eigenvalue weighted by atomic mass is 15.1. The molecule has 1 aromatic carbocycles. The Hall–Kier alpha value is -5.24. The average Bonchev–Trinajstić information content (AvgIpc) is 4.15. The molecule has 6 heterocycles. The summed E-state index contributed by atoms with van der Waals surface area (Å²) in [5.41, 5.74) is 15.4. The molecule has 0 spiro atoms. The lowest BCUT2D eigenvalue weighted by molar-refractivity contribution is 0.0970. The minimum atomic E-state index is 0.0232. The topological polar surface area (TPSA) is 86.2 Å². The molecule has 0 bridgehead atoms. The summed E-state index contributed by atoms with van der Waals surface area (Å²) >= 11 is 0. The zero-order valence-electron chi connectivity index (χ0n) is 58.4. The zero-order valence-corrected chi connectivity index (χ0v) is 58.4. The van der Waals surface area contributed by atoms with E-state index >= 15 is 0 Å². The molecule has 7 aromatic rings. The fraction of sp³-hybridized carbons (Fsp3) is 0.627. The third kappa shape index (κ3) is 17.9. The van der Waals surface area contributed by atoms with Gasteiger partial charge in [-0.2, -0.15) is 0 Å². The van der Waals surface area contributed by atoms with E-state index in [1.807, 2.05) is 43.6 Å². The van der Waals surface area contributed by atoms with Crippen LogP contribution in [0.4, 0.5) is 0 Å². The van der Waals surface area contributed by atoms with Crippen molar-refractivity contribution in [3.8, 4) is 0 Å². The Morgan fingerprint density at radius 3 is 1.35 bits per heavy atom. The summed E-state index contributed by atoms with van der Waals surface area (Å²) in [4.78, 5) is 27.2. The van der Waals surface area contributed by atoms with Gasteiger partial charge in [-0.1, -0.05) is 232 Å². The van der Waals surface area contributed by atoms with Crippen molar-refractivity contribution in [3.05, 3.63) is 137 Å². The van der Waals surface area contributed by atoms with Crippen molar-refractivity contribution < 1.29 is 0 Å². The van der Waals surface area contributed by atoms with Gasteiger partial charge in [0.1, 0.15) is 12.2 Å². The van der Waals surface area contributed by atoms with Crippen molar-refractivity contribution >= 4 is 27.4 Å². The molecule has 0 N–H and O–H groups in total. The van der Waals surface area contributed by atoms with Crippen LogP contribution in [0.25, 0.3) is 27.4 Å². The zero-order chi connectivity index (χ0) is 63.1. The summed E-state index contributed by atoms with van der Waals surface area (Å²) in [6.45, 7) is 67.5. The summed E-state index contributed by atoms with van der Waals surface area (Å²) < 4.78 is 4.33. The van der Waals surface area contributed by atoms with Crippen molar-refractivity contribution in [1.29, 1.82) is 0 Å². The molecule has 0 atom stereocenters. The van der Waals surface area contributed by atoms with Gasteiger partial charge in [-0.15, -0.1) is 0 Å². The molecule has 8 heteroatoms. The number of imidazole rings is 2. The van der Waals surface area contributed by atoms with Crippen LogP contribution in [-0.4, -0.2) is 38.7 Å². The third-order valence-corrected chi connectivity index (χ3v) is 16.8. The van der Waals surface area contributed by atoms with Gasteiger partial charge in [0.25, 0.3) is 0 Å². The summed E-state index contributed by atoms with van der Waals surface area (Å²) in [5.74, 6) is 2.97. The van der Waals surface area contributed by atoms with E-state index in [-0.39, 0.29) is 43.3 Å². The van der Waals surface area contributed by atoms with E-state index in [0.717, 1.165) is 52.4 Å². The van der Waals surface area contributed by atoms with Crippen molar-refractivity contribution in [2.24, 2.45) is 28.1 Å². The number of benzene rings is 1. The smallest absolute Gasteiger partial charge is 0.119 e. The van der Waals surface area contributed by atoms with E-state index in [2.05, 4.69) is 284 Å². The number of rotatable bonds is 0. The van der Waals surface area contributed by atoms with Gasteiger partial charge in [0.05, 0.1) is 46.8 Å². The number of aromatic nitrogens is 8. The molecule has 0 radical (unpaired) electrons. The largest absolute Gasteiger partial charge is 0.302 e. The van der Waals surface area contributed by atoms with E-state index in [0.29, 0.717) is 10.8 Å². The van der Waals surface area contributed by atoms with Gasteiger partial charge < -0.3 is 4.40 Å². The number of hydrogen-bond acceptors (Lipinski definition) is 6. The average molecular weight is 1130 g/mol. The summed E-state index contributed by atoms with van der Waals surface area (Å²) in [6, 6.07) is 13.4. The highest BCUT2D eigenvalue weighted by molar-refractivity contribution is 5.83. The molecule has 0 saturated heterocycles. The van der Waals surface area contributed by atoms with Crippen LogP contribution in [0, 0.1) is 28.1 Å². The van der Waals surface area contributed by atoms with Crippen LogP contribution < -0.4 is 0 Å². The predicted octanol–water partition coefficient (Wildman–Crippen LogP) is 20.7. The van der Waals surface area contributed by atoms with Crippen LogP contribution in [-0.2, 0) is 44.3 Å². The van der Waals surface area contributed by atoms with E-state index in [9.17, 15) is 0 Å². The molecule has 2 aliphatic rings. The lowest BCUT2D eigenvalue weighted by Crippen LogP contribution is -2.30. The van der Waals surface area contributed by atoms with Gasteiger partial charge in [-0.25, -0.2) is 15.0 Å². The number of fused-ring (bicyclic) bond motifs is 4. The predicted molar refractivity (Wildman–Crippen MR) is 358 cm³/mol. The standard InChI is InChI=1S/C17H23N.2C15H22N2.C14H21N3.C14H28/c1-16(2,3)14-8-7-12-10-15(17(4,5)6)18-11-13(12)9-14;1-14(2,3)11-7-8-13(15(4,5)6)17-10-16-9-12(11)17;1-14(2,3)10-7-8-11-13(10)16-9-12(17-11)15(4,5)6;1-13(2,3)10-7-16-12(14(4,5)6)17-9-15-8-11(10)17;1-13(2,3)11-7-9-12(10-8-11)14(4,5)6/h7-11H,1-6H3;7-10H,1-6H3;7,9H,8H2,1-6H3;7-9H,1-6H3;11-12H,7-10H2,1-6H3. The molecule has 0 unspecified atom stereocenters. The van der Waals surface area contributed by atoms with Crippen LogP contribution in [0.15, 0.2) is 86.1 Å². The molecule has 1 saturated carbocycles. The fourth-order valence-corrected chi connectivity index (χ4v) is 11.3. The quantitative estimate of drug-likeness (QED) is 0.150. The summed E-state index contributed by atoms with van der Waals surface area (Å²) in [7, 11) is 0. The van der Waals surface area contributed by atoms with Gasteiger partial charge in [0, 0.05) is 69.0 Å². The first kappa shape index (κ1) is 68.5. The Bertz CT molecular complexity index is 3020. The molecule has 0 amide bonds. The Balaban J connectivity index is 0.000000190. The minimum Gasteiger partial charge on any atom is -0.302 e. The SMILES string of the molecule is CC(C)(C)C1=CCc2nc(C(C)(C)C)cnc21.CC(C)(C)C1CCC(C(C)(C)C)CC1.CC(C)(C)c1ccc(C(C)(C)C)n2cncc12.CC(C)(C)c1ccc2cc(C(C)(C)C)ncc2c1.CC(C)(C)c1cnc(C(C)(C)C)n2cncc12. The highest BCUT2D eigenvalue weighted by Gasteiger charge is 2.35. The van der Waals surface area contributed by atoms with Crippen molar-refractivity contribution in [2.45, 2.75) is 278 Å². The lowest BCUT2D eigenvalue weighted by Gasteiger charge is -2.41. The van der Waals surface area contributed by atoms with Crippen molar-refractivity contribution in [1.82, 2.24) is 38.7 Å². The summed E-state index contributed by atoms with van der Waals surface area (Å²) in [5, 5.41) is 2.51. The second-order valence-corrected chi connectivity index (χ2v) is 34.7. The normalized spacial score (nSPS) is 16.6. The Labute approximate surface area is 506 Å². The first-order valence-corrected chi connectivity index (χ1v) is 31.3. The third-order valence-electron chi connectivity index (χ3n) is 16.8. The molecular weight excluding hydrogens is 1010 g/mol. The second kappa shape index (κ2) is 24.6. The number of nitrogens with zero attached hydrogens (tertiary/aromatic N) is 8. The molecule has 456 valence electrons. The maximum atomic E-state index is 4.77. The molecule has 6 aromatic heterocycles. The molecule has 83 heavy (non-hydrogen) atoms. The Kier molecular flexibility index (Phi) is 20.3. The van der Waals surface area contributed by atoms with E-state index < -0.39 is 0 Å². The number of pyridine rings is 2. The highest BCUT2D eigenvalue weighted by Crippen LogP contribution is 2.45. The first-order chi connectivity index (χ1) is 37.5. The fourth-order valence-electron chi connectivity index (χ4n) is 11.3. The number of hydrogen-bond donors (Lipinski definition) is 0. The van der Waals surface area contributed by atoms with E-state index in [1.165, 1.54) is 69.9 Å². The molecule has 9 rings (SSSR count).